The lowest BCUT2D eigenvalue weighted by atomic mass is 9.91. The van der Waals surface area contributed by atoms with E-state index >= 15 is 0 Å². The molecule has 1 aliphatic carbocycles. The van der Waals surface area contributed by atoms with Gasteiger partial charge in [-0.2, -0.15) is 0 Å². The molecular formula is C19H20N2O2. The Morgan fingerprint density at radius 3 is 2.52 bits per heavy atom. The van der Waals surface area contributed by atoms with E-state index in [9.17, 15) is 9.90 Å². The van der Waals surface area contributed by atoms with Crippen LogP contribution in [0.3, 0.4) is 0 Å². The first-order chi connectivity index (χ1) is 11.2. The first kappa shape index (κ1) is 14.4. The lowest BCUT2D eigenvalue weighted by Gasteiger charge is -2.41. The van der Waals surface area contributed by atoms with Crippen LogP contribution >= 0.6 is 0 Å². The zero-order valence-corrected chi connectivity index (χ0v) is 13.0. The number of fused-ring (bicyclic) bond motifs is 1. The van der Waals surface area contributed by atoms with E-state index in [1.807, 2.05) is 30.3 Å². The predicted octanol–water partition coefficient (Wildman–Crippen LogP) is 3.06. The zero-order valence-electron chi connectivity index (χ0n) is 13.0. The first-order valence-corrected chi connectivity index (χ1v) is 8.30. The zero-order chi connectivity index (χ0) is 15.9. The Balaban J connectivity index is 1.89. The Bertz CT molecular complexity index is 725. The highest BCUT2D eigenvalue weighted by Crippen LogP contribution is 2.44. The van der Waals surface area contributed by atoms with Crippen molar-refractivity contribution in [2.24, 2.45) is 0 Å². The van der Waals surface area contributed by atoms with Gasteiger partial charge in [-0.3, -0.25) is 14.7 Å². The number of nitrogens with zero attached hydrogens (tertiary/aromatic N) is 2. The molecule has 118 valence electrons. The van der Waals surface area contributed by atoms with Crippen LogP contribution < -0.4 is 0 Å². The van der Waals surface area contributed by atoms with Crippen molar-refractivity contribution >= 4 is 5.91 Å². The third kappa shape index (κ3) is 2.09. The van der Waals surface area contributed by atoms with Gasteiger partial charge < -0.3 is 5.11 Å². The predicted molar refractivity (Wildman–Crippen MR) is 86.7 cm³/mol. The smallest absolute Gasteiger partial charge is 0.257 e. The molecule has 0 bridgehead atoms. The van der Waals surface area contributed by atoms with Crippen LogP contribution in [0.5, 0.6) is 0 Å². The number of hydrogen-bond acceptors (Lipinski definition) is 3. The number of benzene rings is 1. The van der Waals surface area contributed by atoms with Crippen molar-refractivity contribution in [2.45, 2.75) is 43.9 Å². The van der Waals surface area contributed by atoms with E-state index in [1.165, 1.54) is 6.42 Å². The Labute approximate surface area is 135 Å². The van der Waals surface area contributed by atoms with Gasteiger partial charge in [0.25, 0.3) is 5.91 Å². The number of amides is 1. The number of aliphatic hydroxyl groups is 1. The van der Waals surface area contributed by atoms with Gasteiger partial charge in [0.2, 0.25) is 5.72 Å². The fraction of sp³-hybridized carbons (Fsp3) is 0.368. The van der Waals surface area contributed by atoms with Crippen molar-refractivity contribution < 1.29 is 9.90 Å². The molecule has 4 rings (SSSR count). The highest BCUT2D eigenvalue weighted by Gasteiger charge is 2.53. The van der Waals surface area contributed by atoms with Crippen LogP contribution in [0.15, 0.2) is 48.7 Å². The molecule has 0 unspecified atom stereocenters. The van der Waals surface area contributed by atoms with Crippen molar-refractivity contribution in [2.75, 3.05) is 0 Å². The number of carbonyl (C=O) groups excluding carboxylic acids is 1. The van der Waals surface area contributed by atoms with E-state index in [2.05, 4.69) is 4.98 Å². The van der Waals surface area contributed by atoms with Gasteiger partial charge in [-0.25, -0.2) is 0 Å². The summed E-state index contributed by atoms with van der Waals surface area (Å²) in [5.74, 6) is -0.0827. The van der Waals surface area contributed by atoms with E-state index in [-0.39, 0.29) is 11.9 Å². The van der Waals surface area contributed by atoms with E-state index in [1.54, 1.807) is 23.2 Å². The molecule has 23 heavy (non-hydrogen) atoms. The van der Waals surface area contributed by atoms with Gasteiger partial charge in [-0.1, -0.05) is 43.5 Å². The second-order valence-corrected chi connectivity index (χ2v) is 6.40. The van der Waals surface area contributed by atoms with Gasteiger partial charge in [-0.05, 0) is 31.0 Å². The summed E-state index contributed by atoms with van der Waals surface area (Å²) in [4.78, 5) is 19.1. The van der Waals surface area contributed by atoms with Crippen LogP contribution in [0, 0.1) is 0 Å². The van der Waals surface area contributed by atoms with Crippen molar-refractivity contribution in [3.8, 4) is 0 Å². The molecular weight excluding hydrogens is 288 g/mol. The van der Waals surface area contributed by atoms with Crippen molar-refractivity contribution in [3.63, 3.8) is 0 Å². The van der Waals surface area contributed by atoms with Crippen LogP contribution in [0.4, 0.5) is 0 Å². The van der Waals surface area contributed by atoms with E-state index in [0.29, 0.717) is 16.8 Å². The summed E-state index contributed by atoms with van der Waals surface area (Å²) < 4.78 is 0. The second-order valence-electron chi connectivity index (χ2n) is 6.40. The molecule has 2 aromatic rings. The second kappa shape index (κ2) is 5.46. The first-order valence-electron chi connectivity index (χ1n) is 8.30. The van der Waals surface area contributed by atoms with Crippen LogP contribution in [0.1, 0.15) is 53.7 Å². The van der Waals surface area contributed by atoms with Crippen molar-refractivity contribution in [1.29, 1.82) is 0 Å². The van der Waals surface area contributed by atoms with Crippen molar-refractivity contribution in [1.82, 2.24) is 9.88 Å². The largest absolute Gasteiger partial charge is 0.362 e. The molecule has 1 atom stereocenters. The van der Waals surface area contributed by atoms with E-state index in [4.69, 9.17) is 0 Å². The van der Waals surface area contributed by atoms with E-state index < -0.39 is 5.72 Å². The Hall–Kier alpha value is -2.20. The van der Waals surface area contributed by atoms with Crippen molar-refractivity contribution in [3.05, 3.63) is 65.5 Å². The maximum absolute atomic E-state index is 13.0. The van der Waals surface area contributed by atoms with Crippen LogP contribution in [-0.2, 0) is 5.72 Å². The summed E-state index contributed by atoms with van der Waals surface area (Å²) in [6, 6.07) is 12.9. The maximum atomic E-state index is 13.0. The summed E-state index contributed by atoms with van der Waals surface area (Å²) in [6.45, 7) is 0. The van der Waals surface area contributed by atoms with Crippen LogP contribution in [-0.4, -0.2) is 26.9 Å². The van der Waals surface area contributed by atoms with Gasteiger partial charge >= 0.3 is 0 Å². The number of rotatable bonds is 2. The quantitative estimate of drug-likeness (QED) is 0.927. The minimum Gasteiger partial charge on any atom is -0.362 e. The van der Waals surface area contributed by atoms with Crippen LogP contribution in [0.2, 0.25) is 0 Å². The van der Waals surface area contributed by atoms with Gasteiger partial charge in [0.1, 0.15) is 0 Å². The molecule has 0 spiro atoms. The van der Waals surface area contributed by atoms with Gasteiger partial charge in [0.05, 0.1) is 5.69 Å². The molecule has 0 radical (unpaired) electrons. The highest BCUT2D eigenvalue weighted by atomic mass is 16.3. The Morgan fingerprint density at radius 2 is 1.78 bits per heavy atom. The third-order valence-corrected chi connectivity index (χ3v) is 5.06. The fourth-order valence-corrected chi connectivity index (χ4v) is 3.98. The maximum Gasteiger partial charge on any atom is 0.257 e. The molecule has 2 heterocycles. The molecule has 1 aromatic carbocycles. The third-order valence-electron chi connectivity index (χ3n) is 5.06. The summed E-state index contributed by atoms with van der Waals surface area (Å²) in [5, 5.41) is 11.6. The molecule has 2 aliphatic rings. The topological polar surface area (TPSA) is 53.4 Å². The molecule has 0 saturated heterocycles. The summed E-state index contributed by atoms with van der Waals surface area (Å²) in [6.07, 6.45) is 6.95. The molecule has 1 aliphatic heterocycles. The molecule has 1 fully saturated rings. The molecule has 4 heteroatoms. The van der Waals surface area contributed by atoms with Crippen LogP contribution in [0.25, 0.3) is 0 Å². The Morgan fingerprint density at radius 1 is 1.04 bits per heavy atom. The number of aromatic nitrogens is 1. The molecule has 1 saturated carbocycles. The van der Waals surface area contributed by atoms with Gasteiger partial charge in [-0.15, -0.1) is 0 Å². The molecule has 1 aromatic heterocycles. The molecule has 1 N–H and O–H groups in total. The lowest BCUT2D eigenvalue weighted by molar-refractivity contribution is -0.0784. The summed E-state index contributed by atoms with van der Waals surface area (Å²) >= 11 is 0. The Kier molecular flexibility index (Phi) is 3.42. The molecule has 1 amide bonds. The van der Waals surface area contributed by atoms with Gasteiger partial charge in [0.15, 0.2) is 0 Å². The fourth-order valence-electron chi connectivity index (χ4n) is 3.98. The highest BCUT2D eigenvalue weighted by molar-refractivity contribution is 6.00. The monoisotopic (exact) mass is 308 g/mol. The minimum absolute atomic E-state index is 0.0654. The standard InChI is InChI=1S/C19H20N2O2/c22-18-15-10-4-5-11-16(15)19(23,17-12-6-7-13-20-17)21(18)14-8-2-1-3-9-14/h4-7,10-14,23H,1-3,8-9H2/t19-/m1/s1. The SMILES string of the molecule is O=C1c2ccccc2[C@@](O)(c2ccccn2)N1C1CCCCC1. The molecule has 4 nitrogen and oxygen atoms in total. The average molecular weight is 308 g/mol. The summed E-state index contributed by atoms with van der Waals surface area (Å²) in [5.41, 5.74) is 0.293. The lowest BCUT2D eigenvalue weighted by Crippen LogP contribution is -2.51. The summed E-state index contributed by atoms with van der Waals surface area (Å²) in [7, 11) is 0. The average Bonchev–Trinajstić information content (AvgIpc) is 2.86. The number of carbonyl (C=O) groups is 1. The number of hydrogen-bond donors (Lipinski definition) is 1. The number of pyridine rings is 1. The van der Waals surface area contributed by atoms with E-state index in [0.717, 1.165) is 25.7 Å². The minimum atomic E-state index is -1.46. The van der Waals surface area contributed by atoms with Gasteiger partial charge in [0, 0.05) is 23.4 Å². The normalized spacial score (nSPS) is 24.7.